The number of hydrogen-bond donors (Lipinski definition) is 1. The third-order valence-corrected chi connectivity index (χ3v) is 7.38. The number of carbonyl (C=O) groups excluding carboxylic acids is 2. The Labute approximate surface area is 190 Å². The van der Waals surface area contributed by atoms with Gasteiger partial charge in [-0.05, 0) is 74.0 Å². The molecule has 1 unspecified atom stereocenters. The summed E-state index contributed by atoms with van der Waals surface area (Å²) in [7, 11) is 0. The quantitative estimate of drug-likeness (QED) is 0.758. The summed E-state index contributed by atoms with van der Waals surface area (Å²) in [6.45, 7) is 5.83. The molecule has 0 radical (unpaired) electrons. The van der Waals surface area contributed by atoms with Gasteiger partial charge in [-0.15, -0.1) is 0 Å². The van der Waals surface area contributed by atoms with Gasteiger partial charge < -0.3 is 10.6 Å². The molecule has 6 nitrogen and oxygen atoms in total. The van der Waals surface area contributed by atoms with Crippen molar-refractivity contribution in [3.63, 3.8) is 0 Å². The van der Waals surface area contributed by atoms with Crippen LogP contribution >= 0.6 is 0 Å². The normalized spacial score (nSPS) is 21.3. The van der Waals surface area contributed by atoms with Crippen molar-refractivity contribution in [2.45, 2.75) is 51.5 Å². The molecule has 32 heavy (non-hydrogen) atoms. The number of primary amides is 1. The molecule has 3 heterocycles. The van der Waals surface area contributed by atoms with E-state index in [0.717, 1.165) is 58.4 Å². The number of pyridine rings is 1. The fourth-order valence-corrected chi connectivity index (χ4v) is 5.37. The molecule has 2 aromatic rings. The molecule has 1 atom stereocenters. The third kappa shape index (κ3) is 5.01. The molecular weight excluding hydrogens is 400 g/mol. The van der Waals surface area contributed by atoms with Crippen LogP contribution in [0.2, 0.25) is 0 Å². The predicted molar refractivity (Wildman–Crippen MR) is 125 cm³/mol. The molecule has 4 rings (SSSR count). The molecule has 0 saturated carbocycles. The number of aromatic nitrogens is 1. The second kappa shape index (κ2) is 9.82. The smallest absolute Gasteiger partial charge is 0.224 e. The molecule has 0 aliphatic carbocycles. The Balaban J connectivity index is 1.48. The molecule has 2 N–H and O–H groups in total. The Bertz CT molecular complexity index is 938. The minimum atomic E-state index is -0.514. The van der Waals surface area contributed by atoms with E-state index in [1.807, 2.05) is 29.4 Å². The van der Waals surface area contributed by atoms with Gasteiger partial charge in [0.2, 0.25) is 11.8 Å². The van der Waals surface area contributed by atoms with Crippen LogP contribution in [0, 0.1) is 5.41 Å². The number of nitrogens with two attached hydrogens (primary N) is 1. The summed E-state index contributed by atoms with van der Waals surface area (Å²) < 4.78 is 0. The first-order valence-corrected chi connectivity index (χ1v) is 11.7. The lowest BCUT2D eigenvalue weighted by atomic mass is 9.71. The third-order valence-electron chi connectivity index (χ3n) is 7.38. The van der Waals surface area contributed by atoms with Gasteiger partial charge in [-0.1, -0.05) is 24.3 Å². The Morgan fingerprint density at radius 1 is 1.09 bits per heavy atom. The zero-order chi connectivity index (χ0) is 22.6. The van der Waals surface area contributed by atoms with Gasteiger partial charge in [0.05, 0.1) is 5.41 Å². The number of hydrogen-bond acceptors (Lipinski definition) is 4. The zero-order valence-electron chi connectivity index (χ0n) is 19.0. The fourth-order valence-electron chi connectivity index (χ4n) is 5.37. The standard InChI is InChI=1S/C26H34N4O2/c1-20(31)30-14-4-6-23(19-30)24-7-3-2-5-22(24)17-26(25(27)32)10-15-29(16-11-26)18-21-8-12-28-13-9-21/h2-3,5,7-9,12-13,23H,4,6,10-11,14-19H2,1H3,(H2,27,32). The van der Waals surface area contributed by atoms with Crippen molar-refractivity contribution >= 4 is 11.8 Å². The van der Waals surface area contributed by atoms with Gasteiger partial charge in [0.25, 0.3) is 0 Å². The summed E-state index contributed by atoms with van der Waals surface area (Å²) in [5.41, 5.74) is 9.23. The monoisotopic (exact) mass is 434 g/mol. The zero-order valence-corrected chi connectivity index (χ0v) is 19.0. The molecule has 0 bridgehead atoms. The van der Waals surface area contributed by atoms with Gasteiger partial charge in [-0.25, -0.2) is 0 Å². The highest BCUT2D eigenvalue weighted by atomic mass is 16.2. The molecule has 0 spiro atoms. The van der Waals surface area contributed by atoms with Crippen molar-refractivity contribution in [3.8, 4) is 0 Å². The average molecular weight is 435 g/mol. The summed E-state index contributed by atoms with van der Waals surface area (Å²) in [6, 6.07) is 12.5. The van der Waals surface area contributed by atoms with E-state index >= 15 is 0 Å². The van der Waals surface area contributed by atoms with Crippen LogP contribution in [0.3, 0.4) is 0 Å². The Morgan fingerprint density at radius 3 is 2.50 bits per heavy atom. The number of carbonyl (C=O) groups is 2. The Hall–Kier alpha value is -2.73. The molecular formula is C26H34N4O2. The van der Waals surface area contributed by atoms with Crippen molar-refractivity contribution in [3.05, 3.63) is 65.5 Å². The molecule has 6 heteroatoms. The summed E-state index contributed by atoms with van der Waals surface area (Å²) in [5, 5.41) is 0. The minimum absolute atomic E-state index is 0.141. The van der Waals surface area contributed by atoms with Gasteiger partial charge in [0, 0.05) is 44.9 Å². The topological polar surface area (TPSA) is 79.5 Å². The lowest BCUT2D eigenvalue weighted by Crippen LogP contribution is -2.48. The number of likely N-dealkylation sites (tertiary alicyclic amines) is 2. The van der Waals surface area contributed by atoms with Crippen LogP contribution in [0.5, 0.6) is 0 Å². The maximum Gasteiger partial charge on any atom is 0.224 e. The van der Waals surface area contributed by atoms with Crippen molar-refractivity contribution in [2.75, 3.05) is 26.2 Å². The lowest BCUT2D eigenvalue weighted by molar-refractivity contribution is -0.130. The van der Waals surface area contributed by atoms with Crippen LogP contribution in [0.4, 0.5) is 0 Å². The largest absolute Gasteiger partial charge is 0.369 e. The predicted octanol–water partition coefficient (Wildman–Crippen LogP) is 3.12. The van der Waals surface area contributed by atoms with Crippen molar-refractivity contribution in [2.24, 2.45) is 11.1 Å². The average Bonchev–Trinajstić information content (AvgIpc) is 2.81. The van der Waals surface area contributed by atoms with Gasteiger partial charge in [0.15, 0.2) is 0 Å². The maximum atomic E-state index is 12.7. The van der Waals surface area contributed by atoms with E-state index in [0.29, 0.717) is 12.3 Å². The van der Waals surface area contributed by atoms with Gasteiger partial charge >= 0.3 is 0 Å². The van der Waals surface area contributed by atoms with Gasteiger partial charge in [-0.2, -0.15) is 0 Å². The molecule has 2 amide bonds. The highest BCUT2D eigenvalue weighted by Gasteiger charge is 2.40. The van der Waals surface area contributed by atoms with E-state index in [2.05, 4.69) is 34.1 Å². The van der Waals surface area contributed by atoms with E-state index in [9.17, 15) is 9.59 Å². The SMILES string of the molecule is CC(=O)N1CCCC(c2ccccc2CC2(C(N)=O)CCN(Cc3ccncc3)CC2)C1. The minimum Gasteiger partial charge on any atom is -0.369 e. The number of rotatable bonds is 6. The Kier molecular flexibility index (Phi) is 6.89. The van der Waals surface area contributed by atoms with Crippen LogP contribution in [0.15, 0.2) is 48.8 Å². The summed E-state index contributed by atoms with van der Waals surface area (Å²) >= 11 is 0. The Morgan fingerprint density at radius 2 is 1.81 bits per heavy atom. The van der Waals surface area contributed by atoms with Crippen molar-refractivity contribution in [1.82, 2.24) is 14.8 Å². The number of benzene rings is 1. The lowest BCUT2D eigenvalue weighted by Gasteiger charge is -2.41. The first kappa shape index (κ1) is 22.5. The highest BCUT2D eigenvalue weighted by Crippen LogP contribution is 2.38. The molecule has 2 aliphatic heterocycles. The first-order chi connectivity index (χ1) is 15.5. The van der Waals surface area contributed by atoms with Crippen LogP contribution < -0.4 is 5.73 Å². The van der Waals surface area contributed by atoms with Crippen LogP contribution in [-0.2, 0) is 22.6 Å². The number of amides is 2. The van der Waals surface area contributed by atoms with Crippen LogP contribution in [0.25, 0.3) is 0 Å². The van der Waals surface area contributed by atoms with Crippen molar-refractivity contribution < 1.29 is 9.59 Å². The molecule has 2 fully saturated rings. The van der Waals surface area contributed by atoms with Gasteiger partial charge in [-0.3, -0.25) is 19.5 Å². The van der Waals surface area contributed by atoms with Crippen LogP contribution in [0.1, 0.15) is 55.2 Å². The van der Waals surface area contributed by atoms with E-state index in [1.165, 1.54) is 16.7 Å². The highest BCUT2D eigenvalue weighted by molar-refractivity contribution is 5.81. The summed E-state index contributed by atoms with van der Waals surface area (Å²) in [6.07, 6.45) is 7.95. The molecule has 2 aliphatic rings. The van der Waals surface area contributed by atoms with E-state index in [-0.39, 0.29) is 11.8 Å². The number of nitrogens with zero attached hydrogens (tertiary/aromatic N) is 3. The first-order valence-electron chi connectivity index (χ1n) is 11.7. The van der Waals surface area contributed by atoms with E-state index in [1.54, 1.807) is 6.92 Å². The molecule has 2 saturated heterocycles. The van der Waals surface area contributed by atoms with Crippen molar-refractivity contribution in [1.29, 1.82) is 0 Å². The second-order valence-corrected chi connectivity index (χ2v) is 9.46. The molecule has 1 aromatic heterocycles. The second-order valence-electron chi connectivity index (χ2n) is 9.46. The summed E-state index contributed by atoms with van der Waals surface area (Å²) in [5.74, 6) is 0.271. The van der Waals surface area contributed by atoms with Gasteiger partial charge in [0.1, 0.15) is 0 Å². The van der Waals surface area contributed by atoms with E-state index in [4.69, 9.17) is 5.73 Å². The molecule has 1 aromatic carbocycles. The fraction of sp³-hybridized carbons (Fsp3) is 0.500. The van der Waals surface area contributed by atoms with Crippen LogP contribution in [-0.4, -0.2) is 52.8 Å². The summed E-state index contributed by atoms with van der Waals surface area (Å²) in [4.78, 5) is 33.1. The maximum absolute atomic E-state index is 12.7. The van der Waals surface area contributed by atoms with E-state index < -0.39 is 5.41 Å². The number of piperidine rings is 2. The molecule has 170 valence electrons.